The Kier molecular flexibility index (Phi) is 61.3. The van der Waals surface area contributed by atoms with Crippen LogP contribution in [-0.2, 0) is 32.7 Å². The second-order valence-electron chi connectivity index (χ2n) is 20.5. The quantitative estimate of drug-likeness (QED) is 0.0264. The summed E-state index contributed by atoms with van der Waals surface area (Å²) in [7, 11) is -4.40. The molecule has 0 rings (SSSR count). The number of hydrogen-bond donors (Lipinski definition) is 2. The Labute approximate surface area is 496 Å². The Balaban J connectivity index is 3.98. The highest BCUT2D eigenvalue weighted by molar-refractivity contribution is 7.47. The van der Waals surface area contributed by atoms with Crippen LogP contribution in [0.4, 0.5) is 0 Å². The van der Waals surface area contributed by atoms with Crippen LogP contribution in [0, 0.1) is 0 Å². The van der Waals surface area contributed by atoms with Crippen LogP contribution in [0.25, 0.3) is 0 Å². The van der Waals surface area contributed by atoms with Crippen molar-refractivity contribution in [1.82, 2.24) is 0 Å². The molecule has 0 aliphatic rings. The van der Waals surface area contributed by atoms with Gasteiger partial charge in [-0.25, -0.2) is 4.57 Å². The lowest BCUT2D eigenvalue weighted by molar-refractivity contribution is -0.161. The Bertz CT molecular complexity index is 1880. The molecule has 0 heterocycles. The Hall–Kier alpha value is -4.37. The summed E-state index contributed by atoms with van der Waals surface area (Å²) in [6.07, 6.45) is 94.5. The molecule has 2 atom stereocenters. The smallest absolute Gasteiger partial charge is 0.462 e. The molecule has 0 radical (unpaired) electrons. The molecule has 0 aromatic rings. The maximum atomic E-state index is 12.7. The van der Waals surface area contributed by atoms with E-state index in [4.69, 9.17) is 24.3 Å². The van der Waals surface area contributed by atoms with Crippen LogP contribution < -0.4 is 5.73 Å². The highest BCUT2D eigenvalue weighted by Crippen LogP contribution is 2.43. The van der Waals surface area contributed by atoms with Gasteiger partial charge in [0.05, 0.1) is 13.2 Å². The van der Waals surface area contributed by atoms with E-state index >= 15 is 0 Å². The fraction of sp³-hybridized carbons (Fsp3) is 0.606. The first-order chi connectivity index (χ1) is 39.8. The molecule has 0 saturated carbocycles. The van der Waals surface area contributed by atoms with E-state index in [1.165, 1.54) is 64.2 Å². The maximum absolute atomic E-state index is 12.7. The predicted molar refractivity (Wildman–Crippen MR) is 348 cm³/mol. The number of phosphoric acid groups is 1. The van der Waals surface area contributed by atoms with Gasteiger partial charge < -0.3 is 20.1 Å². The van der Waals surface area contributed by atoms with Crippen molar-refractivity contribution in [2.45, 2.75) is 251 Å². The SMILES string of the molecule is CC/C=C\C/C=C\C/C=C\C/C=C\C/C=C\C/C=C\C/C=C\C/C=C\C/C=C\C/C=C\CCCCCCCCCCCCC(=O)OC(COC(=O)CCCCCCCC/C=C\C/C=C\C/C=C\CCCCC)COP(=O)(O)OCCN. The number of esters is 2. The normalized spacial score (nSPS) is 14.1. The standard InChI is InChI=1S/C71H116NO8P/c1-3-5-7-9-11-13-15-17-19-21-23-24-25-26-27-28-29-30-31-32-33-34-35-36-37-38-39-40-41-42-43-44-46-48-50-52-54-56-58-60-62-64-71(74)80-69(68-79-81(75,76)78-66-65-72)67-77-70(73)63-61-59-57-55-53-51-49-47-45-22-20-18-16-14-12-10-8-6-4-2/h5,7,11-14,17-20,23-24,26-27,29-30,32-33,35-36,38-39,41-42,45,47,69H,3-4,6,8-10,15-16,21-22,25,28,31,34,37,40,43-44,46,48-68,72H2,1-2H3,(H,75,76)/b7-5-,13-11-,14-12-,19-17-,20-18-,24-23-,27-26-,30-29-,33-32-,36-35-,39-38-,42-41-,47-45-. The number of nitrogens with two attached hydrogens (primary N) is 1. The molecule has 0 aliphatic carbocycles. The summed E-state index contributed by atoms with van der Waals surface area (Å²) < 4.78 is 33.0. The molecule has 3 N–H and O–H groups in total. The van der Waals surface area contributed by atoms with Crippen LogP contribution in [0.5, 0.6) is 0 Å². The van der Waals surface area contributed by atoms with Gasteiger partial charge >= 0.3 is 19.8 Å². The van der Waals surface area contributed by atoms with E-state index in [1.54, 1.807) is 0 Å². The van der Waals surface area contributed by atoms with Gasteiger partial charge in [0.15, 0.2) is 6.10 Å². The predicted octanol–water partition coefficient (Wildman–Crippen LogP) is 20.8. The second kappa shape index (κ2) is 64.8. The van der Waals surface area contributed by atoms with Crippen molar-refractivity contribution in [3.05, 3.63) is 158 Å². The maximum Gasteiger partial charge on any atom is 0.472 e. The zero-order chi connectivity index (χ0) is 58.7. The van der Waals surface area contributed by atoms with E-state index in [2.05, 4.69) is 172 Å². The van der Waals surface area contributed by atoms with Gasteiger partial charge in [-0.1, -0.05) is 262 Å². The molecular weight excluding hydrogens is 1030 g/mol. The topological polar surface area (TPSA) is 134 Å². The minimum atomic E-state index is -4.40. The number of unbranched alkanes of at least 4 members (excludes halogenated alkanes) is 19. The number of phosphoric ester groups is 1. The fourth-order valence-corrected chi connectivity index (χ4v) is 8.96. The monoisotopic (exact) mass is 1140 g/mol. The van der Waals surface area contributed by atoms with Crippen molar-refractivity contribution in [2.24, 2.45) is 5.73 Å². The molecule has 0 fully saturated rings. The second-order valence-corrected chi connectivity index (χ2v) is 22.0. The molecule has 0 aliphatic heterocycles. The van der Waals surface area contributed by atoms with Crippen molar-refractivity contribution in [3.8, 4) is 0 Å². The summed E-state index contributed by atoms with van der Waals surface area (Å²) in [4.78, 5) is 35.2. The summed E-state index contributed by atoms with van der Waals surface area (Å²) in [6, 6.07) is 0. The van der Waals surface area contributed by atoms with E-state index in [0.717, 1.165) is 141 Å². The van der Waals surface area contributed by atoms with Crippen molar-refractivity contribution < 1.29 is 37.6 Å². The summed E-state index contributed by atoms with van der Waals surface area (Å²) in [6.45, 7) is 3.57. The average molecular weight is 1140 g/mol. The van der Waals surface area contributed by atoms with Crippen molar-refractivity contribution in [1.29, 1.82) is 0 Å². The number of hydrogen-bond acceptors (Lipinski definition) is 8. The number of ether oxygens (including phenoxy) is 2. The molecule has 0 amide bonds. The van der Waals surface area contributed by atoms with Gasteiger partial charge in [-0.05, 0) is 128 Å². The minimum absolute atomic E-state index is 0.0433. The molecule has 0 spiro atoms. The van der Waals surface area contributed by atoms with Crippen LogP contribution in [0.15, 0.2) is 158 Å². The number of allylic oxidation sites excluding steroid dienone is 26. The van der Waals surface area contributed by atoms with Gasteiger partial charge in [0.25, 0.3) is 0 Å². The van der Waals surface area contributed by atoms with E-state index < -0.39 is 32.5 Å². The molecular formula is C71H116NO8P. The molecule has 0 saturated heterocycles. The van der Waals surface area contributed by atoms with Gasteiger partial charge in [0.2, 0.25) is 0 Å². The first kappa shape index (κ1) is 76.6. The third-order valence-corrected chi connectivity index (χ3v) is 13.9. The van der Waals surface area contributed by atoms with E-state index in [-0.39, 0.29) is 32.6 Å². The van der Waals surface area contributed by atoms with Crippen LogP contribution in [0.1, 0.15) is 245 Å². The highest BCUT2D eigenvalue weighted by atomic mass is 31.2. The molecule has 81 heavy (non-hydrogen) atoms. The molecule has 0 aromatic heterocycles. The first-order valence-corrected chi connectivity index (χ1v) is 33.5. The van der Waals surface area contributed by atoms with E-state index in [0.29, 0.717) is 12.8 Å². The van der Waals surface area contributed by atoms with Crippen LogP contribution in [-0.4, -0.2) is 49.3 Å². The van der Waals surface area contributed by atoms with Gasteiger partial charge in [-0.3, -0.25) is 18.6 Å². The van der Waals surface area contributed by atoms with Gasteiger partial charge in [0.1, 0.15) is 6.61 Å². The summed E-state index contributed by atoms with van der Waals surface area (Å²) in [5, 5.41) is 0. The van der Waals surface area contributed by atoms with Crippen LogP contribution in [0.2, 0.25) is 0 Å². The van der Waals surface area contributed by atoms with Gasteiger partial charge in [-0.15, -0.1) is 0 Å². The van der Waals surface area contributed by atoms with Crippen molar-refractivity contribution in [3.63, 3.8) is 0 Å². The van der Waals surface area contributed by atoms with Gasteiger partial charge in [-0.2, -0.15) is 0 Å². The molecule has 9 nitrogen and oxygen atoms in total. The summed E-state index contributed by atoms with van der Waals surface area (Å²) >= 11 is 0. The lowest BCUT2D eigenvalue weighted by Gasteiger charge is -2.19. The third kappa shape index (κ3) is 64.7. The van der Waals surface area contributed by atoms with Crippen molar-refractivity contribution >= 4 is 19.8 Å². The lowest BCUT2D eigenvalue weighted by Crippen LogP contribution is -2.29. The Morgan fingerprint density at radius 3 is 1.01 bits per heavy atom. The number of carbonyl (C=O) groups excluding carboxylic acids is 2. The largest absolute Gasteiger partial charge is 0.472 e. The highest BCUT2D eigenvalue weighted by Gasteiger charge is 2.26. The molecule has 0 bridgehead atoms. The van der Waals surface area contributed by atoms with Crippen LogP contribution in [0.3, 0.4) is 0 Å². The molecule has 0 aromatic carbocycles. The van der Waals surface area contributed by atoms with Crippen molar-refractivity contribution in [2.75, 3.05) is 26.4 Å². The Morgan fingerprint density at radius 1 is 0.383 bits per heavy atom. The number of carbonyl (C=O) groups is 2. The first-order valence-electron chi connectivity index (χ1n) is 32.0. The summed E-state index contributed by atoms with van der Waals surface area (Å²) in [5.41, 5.74) is 5.39. The minimum Gasteiger partial charge on any atom is -0.462 e. The lowest BCUT2D eigenvalue weighted by atomic mass is 10.0. The fourth-order valence-electron chi connectivity index (χ4n) is 8.20. The third-order valence-electron chi connectivity index (χ3n) is 12.9. The molecule has 10 heteroatoms. The zero-order valence-electron chi connectivity index (χ0n) is 51.2. The zero-order valence-corrected chi connectivity index (χ0v) is 52.1. The molecule has 2 unspecified atom stereocenters. The van der Waals surface area contributed by atoms with Crippen LogP contribution >= 0.6 is 7.82 Å². The van der Waals surface area contributed by atoms with E-state index in [1.807, 2.05) is 0 Å². The van der Waals surface area contributed by atoms with E-state index in [9.17, 15) is 19.0 Å². The number of rotatable bonds is 58. The average Bonchev–Trinajstić information content (AvgIpc) is 3.46. The van der Waals surface area contributed by atoms with Gasteiger partial charge in [0, 0.05) is 19.4 Å². The molecule has 458 valence electrons. The Morgan fingerprint density at radius 2 is 0.679 bits per heavy atom. The summed E-state index contributed by atoms with van der Waals surface area (Å²) in [5.74, 6) is -0.855.